The summed E-state index contributed by atoms with van der Waals surface area (Å²) >= 11 is 0. The Labute approximate surface area is 141 Å². The number of nitrogens with two attached hydrogens (primary N) is 2. The zero-order valence-electron chi connectivity index (χ0n) is 8.44. The third-order valence-electron chi connectivity index (χ3n) is 2.44. The summed E-state index contributed by atoms with van der Waals surface area (Å²) in [6, 6.07) is 10.2. The van der Waals surface area contributed by atoms with E-state index >= 15 is 0 Å². The van der Waals surface area contributed by atoms with E-state index in [0.717, 1.165) is 5.39 Å². The van der Waals surface area contributed by atoms with Crippen LogP contribution in [0.15, 0.2) is 36.4 Å². The Morgan fingerprint density at radius 2 is 1.24 bits per heavy atom. The SMILES string of the molecule is NC(=O)c1cccc2cccc(C(N)=O)c12.[KH]. The van der Waals surface area contributed by atoms with Gasteiger partial charge in [0.05, 0.1) is 0 Å². The van der Waals surface area contributed by atoms with E-state index in [4.69, 9.17) is 11.5 Å². The second-order valence-corrected chi connectivity index (χ2v) is 3.44. The van der Waals surface area contributed by atoms with Gasteiger partial charge in [-0.15, -0.1) is 0 Å². The summed E-state index contributed by atoms with van der Waals surface area (Å²) < 4.78 is 0. The van der Waals surface area contributed by atoms with Crippen molar-refractivity contribution < 1.29 is 9.59 Å². The number of rotatable bonds is 2. The van der Waals surface area contributed by atoms with Gasteiger partial charge in [0, 0.05) is 16.5 Å². The van der Waals surface area contributed by atoms with Crippen molar-refractivity contribution in [2.24, 2.45) is 11.5 Å². The summed E-state index contributed by atoms with van der Waals surface area (Å²) in [5, 5.41) is 1.29. The molecule has 0 atom stereocenters. The van der Waals surface area contributed by atoms with E-state index in [1.54, 1.807) is 36.4 Å². The molecule has 2 aromatic carbocycles. The molecule has 0 saturated heterocycles. The predicted octanol–water partition coefficient (Wildman–Crippen LogP) is 0.389. The van der Waals surface area contributed by atoms with Crippen LogP contribution in [0.5, 0.6) is 0 Å². The van der Waals surface area contributed by atoms with E-state index in [9.17, 15) is 9.59 Å². The van der Waals surface area contributed by atoms with E-state index in [0.29, 0.717) is 16.5 Å². The number of carbonyl (C=O) groups excluding carboxylic acids is 2. The second-order valence-electron chi connectivity index (χ2n) is 3.44. The van der Waals surface area contributed by atoms with Crippen molar-refractivity contribution in [2.45, 2.75) is 0 Å². The molecule has 0 aromatic heterocycles. The number of hydrogen-bond acceptors (Lipinski definition) is 2. The summed E-state index contributed by atoms with van der Waals surface area (Å²) in [7, 11) is 0. The van der Waals surface area contributed by atoms with Crippen molar-refractivity contribution in [3.63, 3.8) is 0 Å². The molecule has 17 heavy (non-hydrogen) atoms. The first-order valence-corrected chi connectivity index (χ1v) is 4.72. The van der Waals surface area contributed by atoms with Crippen LogP contribution >= 0.6 is 0 Å². The van der Waals surface area contributed by atoms with Gasteiger partial charge in [-0.25, -0.2) is 0 Å². The first-order valence-electron chi connectivity index (χ1n) is 4.72. The van der Waals surface area contributed by atoms with Gasteiger partial charge in [-0.1, -0.05) is 24.3 Å². The minimum atomic E-state index is -0.570. The van der Waals surface area contributed by atoms with Gasteiger partial charge in [-0.05, 0) is 17.5 Å². The quantitative estimate of drug-likeness (QED) is 0.759. The van der Waals surface area contributed by atoms with Crippen molar-refractivity contribution in [1.82, 2.24) is 0 Å². The third-order valence-corrected chi connectivity index (χ3v) is 2.44. The molecule has 0 aliphatic rings. The molecule has 5 heteroatoms. The number of fused-ring (bicyclic) bond motifs is 1. The molecule has 0 radical (unpaired) electrons. The standard InChI is InChI=1S/C12H10N2O2.K.H/c13-11(15)8-5-1-3-7-4-2-6-9(10(7)8)12(14)16;;/h1-6H,(H2,13,15)(H2,14,16);;. The summed E-state index contributed by atoms with van der Waals surface area (Å²) in [5.74, 6) is -1.14. The molecule has 4 nitrogen and oxygen atoms in total. The Morgan fingerprint density at radius 3 is 1.59 bits per heavy atom. The Balaban J connectivity index is 0.00000144. The number of hydrogen-bond donors (Lipinski definition) is 2. The normalized spacial score (nSPS) is 9.65. The van der Waals surface area contributed by atoms with Crippen molar-refractivity contribution >= 4 is 74.0 Å². The molecule has 0 aliphatic heterocycles. The maximum atomic E-state index is 11.3. The molecule has 0 spiro atoms. The molecule has 0 fully saturated rings. The topological polar surface area (TPSA) is 86.2 Å². The van der Waals surface area contributed by atoms with Gasteiger partial charge in [-0.2, -0.15) is 0 Å². The van der Waals surface area contributed by atoms with Crippen LogP contribution < -0.4 is 11.5 Å². The molecule has 2 aromatic rings. The minimum absolute atomic E-state index is 0. The summed E-state index contributed by atoms with van der Waals surface area (Å²) in [4.78, 5) is 22.5. The number of amides is 2. The molecule has 2 amide bonds. The molecule has 0 heterocycles. The number of benzene rings is 2. The molecule has 0 unspecified atom stereocenters. The van der Waals surface area contributed by atoms with E-state index in [-0.39, 0.29) is 51.4 Å². The first-order chi connectivity index (χ1) is 7.61. The molecular weight excluding hydrogens is 243 g/mol. The fraction of sp³-hybridized carbons (Fsp3) is 0. The third kappa shape index (κ3) is 2.75. The van der Waals surface area contributed by atoms with Crippen molar-refractivity contribution in [1.29, 1.82) is 0 Å². The van der Waals surface area contributed by atoms with E-state index < -0.39 is 11.8 Å². The molecule has 82 valence electrons. The molecule has 2 rings (SSSR count). The molecular formula is C12H11KN2O2. The monoisotopic (exact) mass is 254 g/mol. The van der Waals surface area contributed by atoms with Crippen molar-refractivity contribution in [3.05, 3.63) is 47.5 Å². The van der Waals surface area contributed by atoms with Gasteiger partial charge in [0.25, 0.3) is 0 Å². The molecule has 0 saturated carbocycles. The van der Waals surface area contributed by atoms with Crippen LogP contribution in [0.4, 0.5) is 0 Å². The number of carbonyl (C=O) groups is 2. The van der Waals surface area contributed by atoms with Gasteiger partial charge in [0.2, 0.25) is 11.8 Å². The average molecular weight is 254 g/mol. The van der Waals surface area contributed by atoms with Gasteiger partial charge >= 0.3 is 51.4 Å². The predicted molar refractivity (Wildman–Crippen MR) is 68.1 cm³/mol. The van der Waals surface area contributed by atoms with Crippen molar-refractivity contribution in [3.8, 4) is 0 Å². The Kier molecular flexibility index (Phi) is 4.85. The Bertz CT molecular complexity index is 547. The van der Waals surface area contributed by atoms with E-state index in [1.165, 1.54) is 0 Å². The van der Waals surface area contributed by atoms with Crippen LogP contribution in [-0.2, 0) is 0 Å². The van der Waals surface area contributed by atoms with Crippen molar-refractivity contribution in [2.75, 3.05) is 0 Å². The average Bonchev–Trinajstić information content (AvgIpc) is 2.27. The van der Waals surface area contributed by atoms with E-state index in [2.05, 4.69) is 0 Å². The zero-order valence-corrected chi connectivity index (χ0v) is 8.44. The number of primary amides is 2. The van der Waals surface area contributed by atoms with E-state index in [1.807, 2.05) is 0 Å². The maximum absolute atomic E-state index is 11.3. The fourth-order valence-electron chi connectivity index (χ4n) is 1.75. The first kappa shape index (κ1) is 14.3. The second kappa shape index (κ2) is 5.75. The fourth-order valence-corrected chi connectivity index (χ4v) is 1.75. The van der Waals surface area contributed by atoms with Crippen LogP contribution in [0.2, 0.25) is 0 Å². The zero-order chi connectivity index (χ0) is 11.7. The molecule has 0 aliphatic carbocycles. The van der Waals surface area contributed by atoms with Gasteiger partial charge in [0.15, 0.2) is 0 Å². The Hall–Kier alpha value is -0.724. The van der Waals surface area contributed by atoms with Gasteiger partial charge in [0.1, 0.15) is 0 Å². The van der Waals surface area contributed by atoms with Gasteiger partial charge in [-0.3, -0.25) is 9.59 Å². The van der Waals surface area contributed by atoms with Crippen LogP contribution in [0.25, 0.3) is 10.8 Å². The van der Waals surface area contributed by atoms with Crippen LogP contribution in [0.1, 0.15) is 20.7 Å². The molecule has 4 N–H and O–H groups in total. The summed E-state index contributed by atoms with van der Waals surface area (Å²) in [6.07, 6.45) is 0. The summed E-state index contributed by atoms with van der Waals surface area (Å²) in [6.45, 7) is 0. The van der Waals surface area contributed by atoms with Crippen LogP contribution in [-0.4, -0.2) is 63.2 Å². The summed E-state index contributed by atoms with van der Waals surface area (Å²) in [5.41, 5.74) is 11.1. The molecule has 0 bridgehead atoms. The van der Waals surface area contributed by atoms with Crippen LogP contribution in [0, 0.1) is 0 Å². The Morgan fingerprint density at radius 1 is 0.824 bits per heavy atom. The van der Waals surface area contributed by atoms with Crippen LogP contribution in [0.3, 0.4) is 0 Å². The van der Waals surface area contributed by atoms with Gasteiger partial charge < -0.3 is 11.5 Å².